The molecule has 2 fully saturated rings. The maximum absolute atomic E-state index is 11.8. The van der Waals surface area contributed by atoms with Crippen LogP contribution in [0.1, 0.15) is 56.6 Å². The predicted molar refractivity (Wildman–Crippen MR) is 126 cm³/mol. The Bertz CT molecular complexity index is 1040. The van der Waals surface area contributed by atoms with Gasteiger partial charge in [-0.05, 0) is 82.6 Å². The van der Waals surface area contributed by atoms with E-state index >= 15 is 0 Å². The molecule has 1 saturated carbocycles. The molecule has 0 radical (unpaired) electrons. The lowest BCUT2D eigenvalue weighted by atomic mass is 9.83. The van der Waals surface area contributed by atoms with Gasteiger partial charge in [0, 0.05) is 34.7 Å². The Morgan fingerprint density at radius 3 is 2.59 bits per heavy atom. The lowest BCUT2D eigenvalue weighted by molar-refractivity contribution is -0.119. The highest BCUT2D eigenvalue weighted by Gasteiger charge is 2.27. The maximum Gasteiger partial charge on any atom is 0.235 e. The van der Waals surface area contributed by atoms with Crippen LogP contribution in [0.3, 0.4) is 0 Å². The van der Waals surface area contributed by atoms with E-state index < -0.39 is 15.6 Å². The number of amides is 1. The van der Waals surface area contributed by atoms with Crippen LogP contribution in [0.2, 0.25) is 5.02 Å². The van der Waals surface area contributed by atoms with Gasteiger partial charge >= 0.3 is 0 Å². The summed E-state index contributed by atoms with van der Waals surface area (Å²) < 4.78 is 28.0. The third kappa shape index (κ3) is 6.23. The number of sulfone groups is 1. The van der Waals surface area contributed by atoms with Crippen molar-refractivity contribution in [1.82, 2.24) is 15.4 Å². The number of halogens is 1. The lowest BCUT2D eigenvalue weighted by Crippen LogP contribution is -2.41. The van der Waals surface area contributed by atoms with Crippen molar-refractivity contribution in [2.24, 2.45) is 5.92 Å². The minimum absolute atomic E-state index is 0.114. The minimum Gasteiger partial charge on any atom is -0.356 e. The Labute approximate surface area is 194 Å². The normalized spacial score (nSPS) is 23.4. The van der Waals surface area contributed by atoms with Gasteiger partial charge in [-0.1, -0.05) is 16.8 Å². The number of hydrogen-bond acceptors (Lipinski definition) is 6. The molecule has 2 heterocycles. The van der Waals surface area contributed by atoms with Gasteiger partial charge in [-0.2, -0.15) is 0 Å². The number of rotatable bonds is 7. The van der Waals surface area contributed by atoms with Crippen molar-refractivity contribution in [3.05, 3.63) is 28.9 Å². The molecule has 7 nitrogen and oxygen atoms in total. The highest BCUT2D eigenvalue weighted by molar-refractivity contribution is 7.91. The van der Waals surface area contributed by atoms with E-state index in [0.717, 1.165) is 81.1 Å². The van der Waals surface area contributed by atoms with Crippen LogP contribution in [0.15, 0.2) is 22.7 Å². The number of piperidine rings is 1. The van der Waals surface area contributed by atoms with Crippen molar-refractivity contribution in [1.29, 1.82) is 0 Å². The molecule has 1 amide bonds. The molecule has 0 spiro atoms. The van der Waals surface area contributed by atoms with E-state index in [-0.39, 0.29) is 11.9 Å². The summed E-state index contributed by atoms with van der Waals surface area (Å²) in [5.41, 5.74) is 1.82. The summed E-state index contributed by atoms with van der Waals surface area (Å²) in [5.74, 6) is 0.322. The summed E-state index contributed by atoms with van der Waals surface area (Å²) in [6.07, 6.45) is 8.50. The van der Waals surface area contributed by atoms with Gasteiger partial charge in [0.2, 0.25) is 5.91 Å². The highest BCUT2D eigenvalue weighted by Crippen LogP contribution is 2.34. The Balaban J connectivity index is 1.17. The molecular weight excluding hydrogens is 450 g/mol. The van der Waals surface area contributed by atoms with Crippen molar-refractivity contribution in [3.8, 4) is 0 Å². The number of carbonyl (C=O) groups is 1. The average Bonchev–Trinajstić information content (AvgIpc) is 3.15. The molecule has 32 heavy (non-hydrogen) atoms. The summed E-state index contributed by atoms with van der Waals surface area (Å²) in [7, 11) is -3.27. The molecule has 1 N–H and O–H groups in total. The predicted octanol–water partition coefficient (Wildman–Crippen LogP) is 3.77. The fourth-order valence-corrected chi connectivity index (χ4v) is 5.85. The topological polar surface area (TPSA) is 92.5 Å². The SMILES string of the molecule is CS(=O)(=O)CC(=O)NC1CCC(CCN2CCC(c3noc4cc(Cl)ccc34)CC2)CC1. The zero-order valence-corrected chi connectivity index (χ0v) is 20.1. The number of benzene rings is 1. The standard InChI is InChI=1S/C23H32ClN3O4S/c1-32(29,30)15-22(28)25-19-5-2-16(3-6-19)8-11-27-12-9-17(10-13-27)23-20-7-4-18(24)14-21(20)31-26-23/h4,7,14,16-17,19H,2-3,5-6,8-13,15H2,1H3,(H,25,28). The first kappa shape index (κ1) is 23.5. The van der Waals surface area contributed by atoms with Crippen molar-refractivity contribution < 1.29 is 17.7 Å². The maximum atomic E-state index is 11.8. The largest absolute Gasteiger partial charge is 0.356 e. The molecule has 0 atom stereocenters. The Kier molecular flexibility index (Phi) is 7.42. The second kappa shape index (κ2) is 10.1. The van der Waals surface area contributed by atoms with E-state index in [4.69, 9.17) is 16.1 Å². The first-order valence-corrected chi connectivity index (χ1v) is 13.9. The van der Waals surface area contributed by atoms with Crippen molar-refractivity contribution in [2.45, 2.75) is 56.9 Å². The zero-order valence-electron chi connectivity index (χ0n) is 18.6. The molecule has 1 aliphatic carbocycles. The van der Waals surface area contributed by atoms with Gasteiger partial charge in [0.1, 0.15) is 5.75 Å². The van der Waals surface area contributed by atoms with Gasteiger partial charge in [0.25, 0.3) is 0 Å². The molecule has 176 valence electrons. The number of likely N-dealkylation sites (tertiary alicyclic amines) is 1. The van der Waals surface area contributed by atoms with Crippen LogP contribution in [0, 0.1) is 5.92 Å². The van der Waals surface area contributed by atoms with Gasteiger partial charge < -0.3 is 14.7 Å². The second-order valence-electron chi connectivity index (χ2n) is 9.47. The fourth-order valence-electron chi connectivity index (χ4n) is 5.12. The molecule has 1 saturated heterocycles. The zero-order chi connectivity index (χ0) is 22.7. The number of aromatic nitrogens is 1. The number of nitrogens with zero attached hydrogens (tertiary/aromatic N) is 2. The number of hydrogen-bond donors (Lipinski definition) is 1. The van der Waals surface area contributed by atoms with E-state index in [9.17, 15) is 13.2 Å². The summed E-state index contributed by atoms with van der Waals surface area (Å²) in [4.78, 5) is 14.4. The Morgan fingerprint density at radius 2 is 1.91 bits per heavy atom. The molecule has 0 unspecified atom stereocenters. The summed E-state index contributed by atoms with van der Waals surface area (Å²) in [6.45, 7) is 3.25. The molecule has 2 aromatic rings. The van der Waals surface area contributed by atoms with E-state index in [1.807, 2.05) is 18.2 Å². The minimum atomic E-state index is -3.27. The summed E-state index contributed by atoms with van der Waals surface area (Å²) in [5, 5.41) is 8.97. The van der Waals surface area contributed by atoms with Crippen LogP contribution in [0.4, 0.5) is 0 Å². The van der Waals surface area contributed by atoms with Crippen LogP contribution in [0.25, 0.3) is 11.0 Å². The van der Waals surface area contributed by atoms with Crippen molar-refractivity contribution in [2.75, 3.05) is 31.6 Å². The van der Waals surface area contributed by atoms with Crippen LogP contribution < -0.4 is 5.32 Å². The molecule has 2 aliphatic rings. The Hall–Kier alpha value is -1.64. The number of fused-ring (bicyclic) bond motifs is 1. The van der Waals surface area contributed by atoms with Gasteiger partial charge in [0.05, 0.1) is 5.69 Å². The summed E-state index contributed by atoms with van der Waals surface area (Å²) in [6, 6.07) is 5.85. The van der Waals surface area contributed by atoms with Crippen LogP contribution in [-0.4, -0.2) is 62.1 Å². The smallest absolute Gasteiger partial charge is 0.235 e. The first-order valence-electron chi connectivity index (χ1n) is 11.5. The number of carbonyl (C=O) groups excluding carboxylic acids is 1. The number of nitrogens with one attached hydrogen (secondary N) is 1. The first-order chi connectivity index (χ1) is 15.3. The molecule has 4 rings (SSSR count). The molecule has 0 bridgehead atoms. The van der Waals surface area contributed by atoms with E-state index in [2.05, 4.69) is 15.4 Å². The summed E-state index contributed by atoms with van der Waals surface area (Å²) >= 11 is 6.05. The van der Waals surface area contributed by atoms with Gasteiger partial charge in [-0.15, -0.1) is 0 Å². The van der Waals surface area contributed by atoms with Crippen LogP contribution in [0.5, 0.6) is 0 Å². The fraction of sp³-hybridized carbons (Fsp3) is 0.652. The highest BCUT2D eigenvalue weighted by atomic mass is 35.5. The van der Waals surface area contributed by atoms with Crippen LogP contribution >= 0.6 is 11.6 Å². The van der Waals surface area contributed by atoms with Gasteiger partial charge in [-0.25, -0.2) is 8.42 Å². The third-order valence-electron chi connectivity index (χ3n) is 6.89. The molecule has 9 heteroatoms. The van der Waals surface area contributed by atoms with E-state index in [0.29, 0.717) is 16.9 Å². The molecule has 1 aliphatic heterocycles. The van der Waals surface area contributed by atoms with Crippen molar-refractivity contribution >= 4 is 38.3 Å². The van der Waals surface area contributed by atoms with Gasteiger partial charge in [0.15, 0.2) is 15.4 Å². The Morgan fingerprint density at radius 1 is 1.19 bits per heavy atom. The molecule has 1 aromatic carbocycles. The van der Waals surface area contributed by atoms with E-state index in [1.54, 1.807) is 0 Å². The van der Waals surface area contributed by atoms with E-state index in [1.165, 1.54) is 6.42 Å². The molecule has 1 aromatic heterocycles. The third-order valence-corrected chi connectivity index (χ3v) is 7.92. The monoisotopic (exact) mass is 481 g/mol. The van der Waals surface area contributed by atoms with Gasteiger partial charge in [-0.3, -0.25) is 4.79 Å². The van der Waals surface area contributed by atoms with Crippen molar-refractivity contribution in [3.63, 3.8) is 0 Å². The lowest BCUT2D eigenvalue weighted by Gasteiger charge is -2.34. The van der Waals surface area contributed by atoms with Crippen LogP contribution in [-0.2, 0) is 14.6 Å². The quantitative estimate of drug-likeness (QED) is 0.647. The molecular formula is C23H32ClN3O4S. The second-order valence-corrected chi connectivity index (χ2v) is 12.0. The average molecular weight is 482 g/mol.